The Morgan fingerprint density at radius 2 is 2.33 bits per heavy atom. The first kappa shape index (κ1) is 7.80. The number of aryl methyl sites for hydroxylation is 1. The summed E-state index contributed by atoms with van der Waals surface area (Å²) in [5.41, 5.74) is 8.49. The van der Waals surface area contributed by atoms with E-state index in [0.717, 1.165) is 0 Å². The van der Waals surface area contributed by atoms with Crippen LogP contribution in [0.1, 0.15) is 31.2 Å². The lowest BCUT2D eigenvalue weighted by Crippen LogP contribution is -2.32. The third kappa shape index (κ3) is 0.894. The Kier molecular flexibility index (Phi) is 1.51. The van der Waals surface area contributed by atoms with Gasteiger partial charge in [-0.15, -0.1) is 0 Å². The second kappa shape index (κ2) is 2.33. The summed E-state index contributed by atoms with van der Waals surface area (Å²) in [5, 5.41) is 0. The molecule has 1 atom stereocenters. The second-order valence-corrected chi connectivity index (χ2v) is 3.82. The average Bonchev–Trinajstić information content (AvgIpc) is 2.71. The lowest BCUT2D eigenvalue weighted by atomic mass is 9.93. The molecule has 1 heterocycles. The molecule has 2 rings (SSSR count). The van der Waals surface area contributed by atoms with Crippen LogP contribution in [0, 0.1) is 6.92 Å². The minimum absolute atomic E-state index is 0.198. The lowest BCUT2D eigenvalue weighted by Gasteiger charge is -2.17. The van der Waals surface area contributed by atoms with Crippen LogP contribution in [0.25, 0.3) is 0 Å². The summed E-state index contributed by atoms with van der Waals surface area (Å²) in [6.45, 7) is 4.13. The van der Waals surface area contributed by atoms with Gasteiger partial charge in [0.15, 0.2) is 0 Å². The van der Waals surface area contributed by atoms with Gasteiger partial charge in [0.05, 0.1) is 12.0 Å². The fourth-order valence-corrected chi connectivity index (χ4v) is 1.90. The Morgan fingerprint density at radius 1 is 1.67 bits per heavy atom. The van der Waals surface area contributed by atoms with E-state index in [0.29, 0.717) is 0 Å². The van der Waals surface area contributed by atoms with Crippen molar-refractivity contribution in [2.45, 2.75) is 38.1 Å². The van der Waals surface area contributed by atoms with Crippen LogP contribution in [0.2, 0.25) is 0 Å². The van der Waals surface area contributed by atoms with Crippen molar-refractivity contribution in [3.8, 4) is 0 Å². The third-order valence-corrected chi connectivity index (χ3v) is 2.96. The molecule has 0 spiro atoms. The monoisotopic (exact) mass is 165 g/mol. The van der Waals surface area contributed by atoms with Crippen LogP contribution in [0.4, 0.5) is 0 Å². The summed E-state index contributed by atoms with van der Waals surface area (Å²) in [6, 6.07) is 0.222. The van der Waals surface area contributed by atoms with Gasteiger partial charge in [0.2, 0.25) is 0 Å². The van der Waals surface area contributed by atoms with Gasteiger partial charge < -0.3 is 10.7 Å². The number of aromatic nitrogens is 2. The number of rotatable bonds is 2. The highest BCUT2D eigenvalue weighted by atomic mass is 14.9. The van der Waals surface area contributed by atoms with Crippen molar-refractivity contribution in [3.05, 3.63) is 17.7 Å². The molecule has 0 bridgehead atoms. The minimum Gasteiger partial charge on any atom is -0.348 e. The highest BCUT2D eigenvalue weighted by molar-refractivity contribution is 5.30. The highest BCUT2D eigenvalue weighted by Crippen LogP contribution is 2.50. The predicted octanol–water partition coefficient (Wildman–Crippen LogP) is 1.10. The molecule has 0 radical (unpaired) electrons. The molecule has 0 amide bonds. The number of nitrogens with two attached hydrogens (primary N) is 1. The van der Waals surface area contributed by atoms with Crippen LogP contribution in [0.3, 0.4) is 0 Å². The maximum Gasteiger partial charge on any atom is 0.0925 e. The van der Waals surface area contributed by atoms with Crippen molar-refractivity contribution in [1.29, 1.82) is 0 Å². The molecular formula is C9H15N3. The molecular weight excluding hydrogens is 150 g/mol. The molecule has 3 heteroatoms. The average molecular weight is 165 g/mol. The van der Waals surface area contributed by atoms with Gasteiger partial charge in [-0.25, -0.2) is 4.98 Å². The molecule has 3 nitrogen and oxygen atoms in total. The topological polar surface area (TPSA) is 54.7 Å². The van der Waals surface area contributed by atoms with Crippen LogP contribution >= 0.6 is 0 Å². The van der Waals surface area contributed by atoms with E-state index >= 15 is 0 Å². The first-order valence-corrected chi connectivity index (χ1v) is 4.43. The van der Waals surface area contributed by atoms with E-state index < -0.39 is 0 Å². The van der Waals surface area contributed by atoms with Crippen LogP contribution in [-0.4, -0.2) is 16.0 Å². The zero-order chi connectivity index (χ0) is 8.77. The van der Waals surface area contributed by atoms with Crippen LogP contribution < -0.4 is 5.73 Å². The zero-order valence-electron chi connectivity index (χ0n) is 7.59. The lowest BCUT2D eigenvalue weighted by molar-refractivity contribution is 0.541. The Labute approximate surface area is 72.4 Å². The normalized spacial score (nSPS) is 22.2. The molecule has 1 aromatic rings. The van der Waals surface area contributed by atoms with Gasteiger partial charge in [0, 0.05) is 17.2 Å². The molecule has 66 valence electrons. The van der Waals surface area contributed by atoms with Gasteiger partial charge in [0.25, 0.3) is 0 Å². The van der Waals surface area contributed by atoms with Crippen LogP contribution in [0.15, 0.2) is 6.33 Å². The molecule has 1 saturated carbocycles. The van der Waals surface area contributed by atoms with E-state index in [-0.39, 0.29) is 11.5 Å². The summed E-state index contributed by atoms with van der Waals surface area (Å²) >= 11 is 0. The molecule has 12 heavy (non-hydrogen) atoms. The standard InChI is InChI=1S/C9H15N3/c1-6-8(12-5-11-6)9(3-4-9)7(2)10/h5,7H,3-4,10H2,1-2H3,(H,11,12). The molecule has 0 aliphatic heterocycles. The molecule has 1 aliphatic carbocycles. The quantitative estimate of drug-likeness (QED) is 0.689. The van der Waals surface area contributed by atoms with Gasteiger partial charge in [-0.2, -0.15) is 0 Å². The Hall–Kier alpha value is -0.830. The van der Waals surface area contributed by atoms with Crippen LogP contribution in [-0.2, 0) is 5.41 Å². The van der Waals surface area contributed by atoms with E-state index in [9.17, 15) is 0 Å². The number of hydrogen-bond acceptors (Lipinski definition) is 2. The van der Waals surface area contributed by atoms with Gasteiger partial charge in [-0.1, -0.05) is 0 Å². The number of aromatic amines is 1. The smallest absolute Gasteiger partial charge is 0.0925 e. The van der Waals surface area contributed by atoms with Crippen molar-refractivity contribution in [2.24, 2.45) is 5.73 Å². The predicted molar refractivity (Wildman–Crippen MR) is 47.9 cm³/mol. The van der Waals surface area contributed by atoms with Crippen molar-refractivity contribution in [1.82, 2.24) is 9.97 Å². The van der Waals surface area contributed by atoms with Crippen molar-refractivity contribution in [2.75, 3.05) is 0 Å². The molecule has 1 unspecified atom stereocenters. The summed E-state index contributed by atoms with van der Waals surface area (Å²) in [7, 11) is 0. The summed E-state index contributed by atoms with van der Waals surface area (Å²) in [6.07, 6.45) is 4.14. The SMILES string of the molecule is Cc1[nH]cnc1C1(C(C)N)CC1. The van der Waals surface area contributed by atoms with E-state index in [1.54, 1.807) is 6.33 Å². The summed E-state index contributed by atoms with van der Waals surface area (Å²) < 4.78 is 0. The van der Waals surface area contributed by atoms with E-state index in [2.05, 4.69) is 23.8 Å². The Morgan fingerprint density at radius 3 is 2.67 bits per heavy atom. The number of nitrogens with zero attached hydrogens (tertiary/aromatic N) is 1. The van der Waals surface area contributed by atoms with Crippen molar-refractivity contribution in [3.63, 3.8) is 0 Å². The molecule has 3 N–H and O–H groups in total. The van der Waals surface area contributed by atoms with Gasteiger partial charge >= 0.3 is 0 Å². The summed E-state index contributed by atoms with van der Waals surface area (Å²) in [4.78, 5) is 7.44. The maximum atomic E-state index is 5.94. The van der Waals surface area contributed by atoms with E-state index in [4.69, 9.17) is 5.73 Å². The van der Waals surface area contributed by atoms with Crippen molar-refractivity contribution >= 4 is 0 Å². The van der Waals surface area contributed by atoms with Gasteiger partial charge in [0.1, 0.15) is 0 Å². The van der Waals surface area contributed by atoms with Gasteiger partial charge in [-0.3, -0.25) is 0 Å². The second-order valence-electron chi connectivity index (χ2n) is 3.82. The van der Waals surface area contributed by atoms with Crippen LogP contribution in [0.5, 0.6) is 0 Å². The van der Waals surface area contributed by atoms with Gasteiger partial charge in [-0.05, 0) is 26.7 Å². The fourth-order valence-electron chi connectivity index (χ4n) is 1.90. The molecule has 1 fully saturated rings. The van der Waals surface area contributed by atoms with Crippen molar-refractivity contribution < 1.29 is 0 Å². The first-order valence-electron chi connectivity index (χ1n) is 4.43. The number of H-pyrrole nitrogens is 1. The van der Waals surface area contributed by atoms with E-state index in [1.165, 1.54) is 24.2 Å². The Bertz CT molecular complexity index is 284. The highest BCUT2D eigenvalue weighted by Gasteiger charge is 2.49. The summed E-state index contributed by atoms with van der Waals surface area (Å²) in [5.74, 6) is 0. The van der Waals surface area contributed by atoms with E-state index in [1.807, 2.05) is 0 Å². The molecule has 0 aromatic carbocycles. The third-order valence-electron chi connectivity index (χ3n) is 2.96. The zero-order valence-corrected chi connectivity index (χ0v) is 7.59. The Balaban J connectivity index is 2.36. The largest absolute Gasteiger partial charge is 0.348 e. The molecule has 1 aromatic heterocycles. The number of nitrogens with one attached hydrogen (secondary N) is 1. The first-order chi connectivity index (χ1) is 5.67. The minimum atomic E-state index is 0.198. The molecule has 1 aliphatic rings. The maximum absolute atomic E-state index is 5.94. The number of imidazole rings is 1. The fraction of sp³-hybridized carbons (Fsp3) is 0.667. The number of hydrogen-bond donors (Lipinski definition) is 2. The molecule has 0 saturated heterocycles.